The van der Waals surface area contributed by atoms with E-state index in [1.165, 1.54) is 25.7 Å². The van der Waals surface area contributed by atoms with Crippen molar-refractivity contribution in [1.82, 2.24) is 24.8 Å². The van der Waals surface area contributed by atoms with Gasteiger partial charge < -0.3 is 5.32 Å². The number of guanidine groups is 1. The van der Waals surface area contributed by atoms with Crippen molar-refractivity contribution in [2.75, 3.05) is 24.8 Å². The molecule has 1 aliphatic carbocycles. The number of anilines is 1. The summed E-state index contributed by atoms with van der Waals surface area (Å²) in [7, 11) is 0. The highest BCUT2D eigenvalue weighted by Crippen LogP contribution is 2.33. The summed E-state index contributed by atoms with van der Waals surface area (Å²) in [5, 5.41) is 3.63. The van der Waals surface area contributed by atoms with E-state index in [0.29, 0.717) is 6.67 Å². The molecule has 7 nitrogen and oxygen atoms in total. The number of aliphatic imine (C=N–C) groups is 1. The van der Waals surface area contributed by atoms with E-state index in [1.54, 1.807) is 5.57 Å². The van der Waals surface area contributed by atoms with Crippen molar-refractivity contribution in [3.63, 3.8) is 0 Å². The van der Waals surface area contributed by atoms with Crippen LogP contribution in [0.15, 0.2) is 65.3 Å². The van der Waals surface area contributed by atoms with Crippen LogP contribution >= 0.6 is 0 Å². The van der Waals surface area contributed by atoms with Crippen molar-refractivity contribution in [2.45, 2.75) is 38.3 Å². The molecule has 3 aromatic rings. The SMILES string of the molecule is C1=C(CCN2CN=C3N[C@H](c4ccccn4)n4c(nc5ccccc54)N3C2)CCCC1. The van der Waals surface area contributed by atoms with E-state index in [2.05, 4.69) is 55.0 Å². The normalized spacial score (nSPS) is 21.2. The van der Waals surface area contributed by atoms with E-state index in [-0.39, 0.29) is 6.17 Å². The van der Waals surface area contributed by atoms with E-state index in [4.69, 9.17) is 9.98 Å². The summed E-state index contributed by atoms with van der Waals surface area (Å²) in [6, 6.07) is 14.3. The standard InChI is InChI=1S/C24H27N7/c1-2-8-18(9-3-1)13-15-29-16-26-23-28-22(20-11-6-7-14-25-20)31-21-12-5-4-10-19(21)27-24(31)30(23)17-29/h4-8,10-12,14,22H,1-3,9,13,15-17H2,(H,26,28)/t22-/m0/s1. The van der Waals surface area contributed by atoms with Gasteiger partial charge in [-0.1, -0.05) is 29.8 Å². The highest BCUT2D eigenvalue weighted by molar-refractivity contribution is 5.98. The van der Waals surface area contributed by atoms with E-state index < -0.39 is 0 Å². The van der Waals surface area contributed by atoms with Crippen molar-refractivity contribution in [1.29, 1.82) is 0 Å². The average molecular weight is 414 g/mol. The Bertz CT molecular complexity index is 1150. The molecule has 2 aliphatic heterocycles. The fourth-order valence-electron chi connectivity index (χ4n) is 4.83. The summed E-state index contributed by atoms with van der Waals surface area (Å²) in [4.78, 5) is 19.1. The first-order valence-corrected chi connectivity index (χ1v) is 11.2. The maximum Gasteiger partial charge on any atom is 0.216 e. The third-order valence-corrected chi connectivity index (χ3v) is 6.46. The molecular formula is C24H27N7. The van der Waals surface area contributed by atoms with Crippen LogP contribution in [0.3, 0.4) is 0 Å². The van der Waals surface area contributed by atoms with Crippen LogP contribution in [0, 0.1) is 0 Å². The molecule has 2 aromatic heterocycles. The molecule has 4 heterocycles. The van der Waals surface area contributed by atoms with Gasteiger partial charge in [-0.3, -0.25) is 19.4 Å². The quantitative estimate of drug-likeness (QED) is 0.658. The molecule has 0 saturated heterocycles. The summed E-state index contributed by atoms with van der Waals surface area (Å²) >= 11 is 0. The van der Waals surface area contributed by atoms with Gasteiger partial charge in [-0.05, 0) is 56.4 Å². The monoisotopic (exact) mass is 413 g/mol. The summed E-state index contributed by atoms with van der Waals surface area (Å²) < 4.78 is 2.25. The third kappa shape index (κ3) is 3.39. The third-order valence-electron chi connectivity index (χ3n) is 6.46. The van der Waals surface area contributed by atoms with Crippen LogP contribution in [0.25, 0.3) is 11.0 Å². The Morgan fingerprint density at radius 2 is 2.00 bits per heavy atom. The number of allylic oxidation sites excluding steroid dienone is 1. The number of hydrogen-bond donors (Lipinski definition) is 1. The fraction of sp³-hybridized carbons (Fsp3) is 0.375. The van der Waals surface area contributed by atoms with Gasteiger partial charge in [0.15, 0.2) is 6.17 Å². The predicted molar refractivity (Wildman–Crippen MR) is 123 cm³/mol. The summed E-state index contributed by atoms with van der Waals surface area (Å²) in [6.07, 6.45) is 10.5. The largest absolute Gasteiger partial charge is 0.330 e. The summed E-state index contributed by atoms with van der Waals surface area (Å²) in [6.45, 7) is 2.53. The van der Waals surface area contributed by atoms with Crippen molar-refractivity contribution in [3.8, 4) is 0 Å². The number of imidazole rings is 1. The van der Waals surface area contributed by atoms with Gasteiger partial charge in [0.05, 0.1) is 30.1 Å². The number of benzene rings is 1. The summed E-state index contributed by atoms with van der Waals surface area (Å²) in [5.41, 5.74) is 4.66. The molecule has 0 spiro atoms. The lowest BCUT2D eigenvalue weighted by molar-refractivity contribution is 0.273. The molecule has 3 aliphatic rings. The van der Waals surface area contributed by atoms with Gasteiger partial charge in [-0.25, -0.2) is 9.98 Å². The molecule has 1 atom stereocenters. The van der Waals surface area contributed by atoms with Gasteiger partial charge in [-0.2, -0.15) is 0 Å². The van der Waals surface area contributed by atoms with Gasteiger partial charge in [0.2, 0.25) is 11.9 Å². The predicted octanol–water partition coefficient (Wildman–Crippen LogP) is 3.86. The number of rotatable bonds is 4. The van der Waals surface area contributed by atoms with Crippen molar-refractivity contribution in [3.05, 3.63) is 66.0 Å². The molecular weight excluding hydrogens is 386 g/mol. The molecule has 0 radical (unpaired) electrons. The zero-order valence-corrected chi connectivity index (χ0v) is 17.6. The Kier molecular flexibility index (Phi) is 4.68. The molecule has 0 fully saturated rings. The second-order valence-corrected chi connectivity index (χ2v) is 8.52. The Hall–Kier alpha value is -3.19. The minimum atomic E-state index is -0.127. The first-order valence-electron chi connectivity index (χ1n) is 11.2. The molecule has 0 amide bonds. The molecule has 1 aromatic carbocycles. The minimum Gasteiger partial charge on any atom is -0.330 e. The zero-order chi connectivity index (χ0) is 20.6. The topological polar surface area (TPSA) is 61.6 Å². The molecule has 7 heteroatoms. The van der Waals surface area contributed by atoms with Crippen LogP contribution in [0.5, 0.6) is 0 Å². The van der Waals surface area contributed by atoms with Gasteiger partial charge in [-0.15, -0.1) is 0 Å². The number of para-hydroxylation sites is 2. The van der Waals surface area contributed by atoms with Crippen LogP contribution in [-0.2, 0) is 0 Å². The molecule has 31 heavy (non-hydrogen) atoms. The molecule has 158 valence electrons. The second kappa shape index (κ2) is 7.81. The first-order chi connectivity index (χ1) is 15.4. The van der Waals surface area contributed by atoms with E-state index in [9.17, 15) is 0 Å². The Morgan fingerprint density at radius 1 is 1.06 bits per heavy atom. The van der Waals surface area contributed by atoms with E-state index in [1.807, 2.05) is 24.4 Å². The van der Waals surface area contributed by atoms with Gasteiger partial charge >= 0.3 is 0 Å². The van der Waals surface area contributed by atoms with Crippen LogP contribution in [0.2, 0.25) is 0 Å². The lowest BCUT2D eigenvalue weighted by Crippen LogP contribution is -2.57. The van der Waals surface area contributed by atoms with Crippen LogP contribution in [0.4, 0.5) is 5.95 Å². The van der Waals surface area contributed by atoms with Gasteiger partial charge in [0.1, 0.15) is 0 Å². The molecule has 6 rings (SSSR count). The highest BCUT2D eigenvalue weighted by Gasteiger charge is 2.36. The van der Waals surface area contributed by atoms with Gasteiger partial charge in [0, 0.05) is 12.7 Å². The Balaban J connectivity index is 1.33. The molecule has 1 N–H and O–H groups in total. The van der Waals surface area contributed by atoms with Crippen LogP contribution in [0.1, 0.15) is 44.0 Å². The molecule has 0 bridgehead atoms. The number of nitrogens with one attached hydrogen (secondary N) is 1. The fourth-order valence-corrected chi connectivity index (χ4v) is 4.83. The smallest absolute Gasteiger partial charge is 0.216 e. The van der Waals surface area contributed by atoms with Crippen LogP contribution in [-0.4, -0.2) is 45.3 Å². The van der Waals surface area contributed by atoms with Crippen molar-refractivity contribution >= 4 is 22.9 Å². The zero-order valence-electron chi connectivity index (χ0n) is 17.6. The summed E-state index contributed by atoms with van der Waals surface area (Å²) in [5.74, 6) is 1.81. The Labute approximate surface area is 182 Å². The number of aromatic nitrogens is 3. The number of nitrogens with zero attached hydrogens (tertiary/aromatic N) is 6. The minimum absolute atomic E-state index is 0.127. The maximum atomic E-state index is 5.00. The number of hydrogen-bond acceptors (Lipinski definition) is 6. The first kappa shape index (κ1) is 18.6. The molecule has 0 saturated carbocycles. The van der Waals surface area contributed by atoms with Crippen molar-refractivity contribution < 1.29 is 0 Å². The number of pyridine rings is 1. The maximum absolute atomic E-state index is 5.00. The second-order valence-electron chi connectivity index (χ2n) is 8.52. The van der Waals surface area contributed by atoms with E-state index in [0.717, 1.165) is 48.3 Å². The van der Waals surface area contributed by atoms with E-state index >= 15 is 0 Å². The average Bonchev–Trinajstić information content (AvgIpc) is 3.23. The lowest BCUT2D eigenvalue weighted by Gasteiger charge is -2.41. The van der Waals surface area contributed by atoms with Gasteiger partial charge in [0.25, 0.3) is 0 Å². The Morgan fingerprint density at radius 3 is 2.87 bits per heavy atom. The molecule has 0 unspecified atom stereocenters. The van der Waals surface area contributed by atoms with Crippen LogP contribution < -0.4 is 10.2 Å². The lowest BCUT2D eigenvalue weighted by atomic mass is 9.97. The van der Waals surface area contributed by atoms with Crippen molar-refractivity contribution in [2.24, 2.45) is 4.99 Å². The number of fused-ring (bicyclic) bond motifs is 5. The highest BCUT2D eigenvalue weighted by atomic mass is 15.5.